The first kappa shape index (κ1) is 18.6. The molecule has 1 aliphatic heterocycles. The number of carbonyl (C=O) groups is 1. The zero-order chi connectivity index (χ0) is 18.5. The zero-order valence-corrected chi connectivity index (χ0v) is 15.5. The van der Waals surface area contributed by atoms with E-state index >= 15 is 0 Å². The van der Waals surface area contributed by atoms with Gasteiger partial charge < -0.3 is 14.8 Å². The van der Waals surface area contributed by atoms with E-state index in [0.717, 1.165) is 43.7 Å². The van der Waals surface area contributed by atoms with Gasteiger partial charge in [-0.2, -0.15) is 0 Å². The van der Waals surface area contributed by atoms with Crippen LogP contribution < -0.4 is 5.32 Å². The predicted octanol–water partition coefficient (Wildman–Crippen LogP) is 2.76. The molecule has 2 aromatic rings. The first-order valence-corrected chi connectivity index (χ1v) is 9.33. The highest BCUT2D eigenvalue weighted by Crippen LogP contribution is 2.20. The molecular weight excluding hydrogens is 331 g/mol. The van der Waals surface area contributed by atoms with Gasteiger partial charge in [0.2, 0.25) is 0 Å². The van der Waals surface area contributed by atoms with Crippen LogP contribution in [0.15, 0.2) is 30.6 Å². The summed E-state index contributed by atoms with van der Waals surface area (Å²) in [6, 6.07) is 4.96. The van der Waals surface area contributed by atoms with Gasteiger partial charge in [0.15, 0.2) is 0 Å². The first-order valence-electron chi connectivity index (χ1n) is 9.33. The second-order valence-corrected chi connectivity index (χ2v) is 7.06. The van der Waals surface area contributed by atoms with Crippen molar-refractivity contribution in [1.29, 1.82) is 0 Å². The lowest BCUT2D eigenvalue weighted by atomic mass is 9.97. The Bertz CT molecular complexity index is 752. The van der Waals surface area contributed by atoms with Crippen LogP contribution in [0, 0.1) is 11.7 Å². The molecule has 1 saturated heterocycles. The third-order valence-electron chi connectivity index (χ3n) is 4.98. The Labute approximate surface area is 154 Å². The van der Waals surface area contributed by atoms with E-state index in [4.69, 9.17) is 0 Å². The molecule has 3 rings (SSSR count). The van der Waals surface area contributed by atoms with E-state index in [-0.39, 0.29) is 11.5 Å². The van der Waals surface area contributed by atoms with Crippen molar-refractivity contribution in [1.82, 2.24) is 19.8 Å². The van der Waals surface area contributed by atoms with Crippen LogP contribution in [0.5, 0.6) is 0 Å². The zero-order valence-electron chi connectivity index (χ0n) is 15.5. The quantitative estimate of drug-likeness (QED) is 0.828. The lowest BCUT2D eigenvalue weighted by Crippen LogP contribution is -2.33. The average Bonchev–Trinajstić information content (AvgIpc) is 3.28. The Hall–Kier alpha value is -2.21. The Morgan fingerprint density at radius 3 is 2.96 bits per heavy atom. The fraction of sp³-hybridized carbons (Fsp3) is 0.500. The number of amides is 1. The number of rotatable bonds is 7. The van der Waals surface area contributed by atoms with Crippen molar-refractivity contribution in [3.8, 4) is 0 Å². The number of hydrogen-bond donors (Lipinski definition) is 1. The number of halogens is 1. The van der Waals surface area contributed by atoms with E-state index < -0.39 is 5.82 Å². The second kappa shape index (κ2) is 8.45. The van der Waals surface area contributed by atoms with Crippen LogP contribution in [0.4, 0.5) is 4.39 Å². The smallest absolute Gasteiger partial charge is 0.257 e. The average molecular weight is 358 g/mol. The molecular formula is C20H27FN4O. The number of nitrogens with one attached hydrogen (secondary N) is 1. The highest BCUT2D eigenvalue weighted by atomic mass is 19.1. The third kappa shape index (κ3) is 4.30. The Balaban J connectivity index is 1.79. The summed E-state index contributed by atoms with van der Waals surface area (Å²) in [5.41, 5.74) is 1.19. The molecule has 1 unspecified atom stereocenters. The maximum Gasteiger partial charge on any atom is 0.257 e. The fourth-order valence-corrected chi connectivity index (χ4v) is 3.50. The van der Waals surface area contributed by atoms with Crippen LogP contribution in [0.25, 0.3) is 0 Å². The van der Waals surface area contributed by atoms with Crippen molar-refractivity contribution < 1.29 is 9.18 Å². The molecule has 1 fully saturated rings. The van der Waals surface area contributed by atoms with Gasteiger partial charge in [-0.3, -0.25) is 4.79 Å². The lowest BCUT2D eigenvalue weighted by molar-refractivity contribution is 0.0732. The van der Waals surface area contributed by atoms with Crippen LogP contribution in [0.2, 0.25) is 0 Å². The summed E-state index contributed by atoms with van der Waals surface area (Å²) in [5.74, 6) is 0.631. The summed E-state index contributed by atoms with van der Waals surface area (Å²) >= 11 is 0. The van der Waals surface area contributed by atoms with Crippen LogP contribution in [0.1, 0.15) is 41.5 Å². The van der Waals surface area contributed by atoms with Gasteiger partial charge in [-0.1, -0.05) is 13.0 Å². The predicted molar refractivity (Wildman–Crippen MR) is 99.3 cm³/mol. The van der Waals surface area contributed by atoms with E-state index in [2.05, 4.69) is 10.3 Å². The molecule has 0 saturated carbocycles. The van der Waals surface area contributed by atoms with Crippen molar-refractivity contribution in [2.24, 2.45) is 13.0 Å². The molecule has 1 N–H and O–H groups in total. The van der Waals surface area contributed by atoms with Crippen molar-refractivity contribution in [2.75, 3.05) is 19.6 Å². The largest absolute Gasteiger partial charge is 0.337 e. The monoisotopic (exact) mass is 358 g/mol. The normalized spacial score (nSPS) is 16.8. The summed E-state index contributed by atoms with van der Waals surface area (Å²) in [4.78, 5) is 19.0. The topological polar surface area (TPSA) is 50.2 Å². The number of hydrogen-bond acceptors (Lipinski definition) is 3. The molecule has 0 radical (unpaired) electrons. The number of imidazole rings is 1. The standard InChI is InChI=1S/C20H27FN4O/c1-3-9-25(14-19-23-8-10-24(19)2)20(26)17-12-15(4-5-18(17)21)11-16-6-7-22-13-16/h4-5,8,10,12,16,22H,3,6-7,9,11,13-14H2,1-2H3. The minimum absolute atomic E-state index is 0.163. The summed E-state index contributed by atoms with van der Waals surface area (Å²) in [5, 5.41) is 3.35. The van der Waals surface area contributed by atoms with Crippen LogP contribution in [-0.2, 0) is 20.0 Å². The molecule has 0 aliphatic carbocycles. The van der Waals surface area contributed by atoms with Gasteiger partial charge in [-0.05, 0) is 56.0 Å². The number of aryl methyl sites for hydroxylation is 1. The highest BCUT2D eigenvalue weighted by Gasteiger charge is 2.22. The molecule has 26 heavy (non-hydrogen) atoms. The molecule has 1 aliphatic rings. The Kier molecular flexibility index (Phi) is 6.04. The van der Waals surface area contributed by atoms with Crippen LogP contribution in [-0.4, -0.2) is 40.0 Å². The van der Waals surface area contributed by atoms with Gasteiger partial charge >= 0.3 is 0 Å². The van der Waals surface area contributed by atoms with Crippen molar-refractivity contribution >= 4 is 5.91 Å². The van der Waals surface area contributed by atoms with Gasteiger partial charge in [-0.25, -0.2) is 9.37 Å². The summed E-state index contributed by atoms with van der Waals surface area (Å²) in [6.45, 7) is 4.99. The van der Waals surface area contributed by atoms with E-state index in [1.165, 1.54) is 6.07 Å². The number of benzene rings is 1. The molecule has 5 nitrogen and oxygen atoms in total. The number of carbonyl (C=O) groups excluding carboxylic acids is 1. The van der Waals surface area contributed by atoms with E-state index in [1.807, 2.05) is 24.7 Å². The molecule has 0 bridgehead atoms. The molecule has 1 aromatic heterocycles. The van der Waals surface area contributed by atoms with E-state index in [1.54, 1.807) is 23.2 Å². The van der Waals surface area contributed by atoms with Crippen LogP contribution >= 0.6 is 0 Å². The number of nitrogens with zero attached hydrogens (tertiary/aromatic N) is 3. The maximum absolute atomic E-state index is 14.4. The SMILES string of the molecule is CCCN(Cc1nccn1C)C(=O)c1cc(CC2CCNC2)ccc1F. The van der Waals surface area contributed by atoms with Crippen molar-refractivity contribution in [2.45, 2.75) is 32.7 Å². The highest BCUT2D eigenvalue weighted by molar-refractivity contribution is 5.94. The fourth-order valence-electron chi connectivity index (χ4n) is 3.50. The minimum Gasteiger partial charge on any atom is -0.337 e. The molecule has 1 amide bonds. The molecule has 1 atom stereocenters. The Morgan fingerprint density at radius 2 is 2.31 bits per heavy atom. The Morgan fingerprint density at radius 1 is 1.46 bits per heavy atom. The minimum atomic E-state index is -0.454. The van der Waals surface area contributed by atoms with Gasteiger partial charge in [0.25, 0.3) is 5.91 Å². The maximum atomic E-state index is 14.4. The van der Waals surface area contributed by atoms with E-state index in [0.29, 0.717) is 19.0 Å². The molecule has 6 heteroatoms. The van der Waals surface area contributed by atoms with Crippen molar-refractivity contribution in [3.63, 3.8) is 0 Å². The molecule has 1 aromatic carbocycles. The summed E-state index contributed by atoms with van der Waals surface area (Å²) < 4.78 is 16.3. The third-order valence-corrected chi connectivity index (χ3v) is 4.98. The summed E-state index contributed by atoms with van der Waals surface area (Å²) in [7, 11) is 1.90. The lowest BCUT2D eigenvalue weighted by Gasteiger charge is -2.22. The van der Waals surface area contributed by atoms with Gasteiger partial charge in [0.05, 0.1) is 12.1 Å². The first-order chi connectivity index (χ1) is 12.6. The molecule has 2 heterocycles. The van der Waals surface area contributed by atoms with Gasteiger partial charge in [0.1, 0.15) is 11.6 Å². The number of aromatic nitrogens is 2. The summed E-state index contributed by atoms with van der Waals surface area (Å²) in [6.07, 6.45) is 6.37. The molecule has 140 valence electrons. The van der Waals surface area contributed by atoms with Gasteiger partial charge in [0, 0.05) is 26.0 Å². The second-order valence-electron chi connectivity index (χ2n) is 7.06. The van der Waals surface area contributed by atoms with Gasteiger partial charge in [-0.15, -0.1) is 0 Å². The molecule has 0 spiro atoms. The van der Waals surface area contributed by atoms with E-state index in [9.17, 15) is 9.18 Å². The van der Waals surface area contributed by atoms with Crippen molar-refractivity contribution in [3.05, 3.63) is 53.4 Å². The van der Waals surface area contributed by atoms with Crippen LogP contribution in [0.3, 0.4) is 0 Å².